The number of carbonyl (C=O) groups excluding carboxylic acids is 5. The Kier molecular flexibility index (Phi) is 38.1. The van der Waals surface area contributed by atoms with Crippen LogP contribution in [0.15, 0.2) is 72.8 Å². The van der Waals surface area contributed by atoms with Crippen LogP contribution in [-0.4, -0.2) is 206 Å². The Morgan fingerprint density at radius 2 is 0.746 bits per heavy atom. The number of alkyl carbamates (subject to hydrolysis) is 1. The number of halogens is 1. The van der Waals surface area contributed by atoms with Crippen molar-refractivity contribution in [1.29, 1.82) is 0 Å². The number of hydrogen-bond acceptors (Lipinski definition) is 22. The SMILES string of the molecule is CC1CCc2cc(NC(=S)N(C)C)c(O)cc2N(CCOC2CCCCO2)C1=O.CC1CCc2cc(NC(=S)NC(C)(C)C)c(O)cc2N(CCOC2CCCCO2)C1=O.CC1CCc2cc(NC(=S)Nc3ccc(F)cc3)c(O)cc2N(CCOC2CCCCO2)C1=O.CCOC(=O)NC(=S)Nc1cc2c(cc1O)N(CCOC1CCCCO1)C(=O)C(C)CC2. The Hall–Kier alpha value is -8.98. The van der Waals surface area contributed by atoms with Gasteiger partial charge in [0.1, 0.15) is 28.8 Å². The predicted molar refractivity (Wildman–Crippen MR) is 502 cm³/mol. The van der Waals surface area contributed by atoms with Gasteiger partial charge >= 0.3 is 6.09 Å². The van der Waals surface area contributed by atoms with E-state index in [0.29, 0.717) is 142 Å². The molecular weight excluding hydrogens is 1700 g/mol. The first-order valence-electron chi connectivity index (χ1n) is 44.1. The third-order valence-corrected chi connectivity index (χ3v) is 23.7. The van der Waals surface area contributed by atoms with Crippen molar-refractivity contribution in [3.63, 3.8) is 0 Å². The zero-order valence-corrected chi connectivity index (χ0v) is 77.4. The number of ether oxygens (including phenoxy) is 9. The zero-order valence-electron chi connectivity index (χ0n) is 74.1. The number of phenolic OH excluding ortho intramolecular Hbond substituents is 4. The van der Waals surface area contributed by atoms with E-state index in [-0.39, 0.29) is 124 Å². The van der Waals surface area contributed by atoms with Gasteiger partial charge in [0.2, 0.25) is 23.6 Å². The fourth-order valence-corrected chi connectivity index (χ4v) is 16.5. The fourth-order valence-electron chi connectivity index (χ4n) is 15.6. The molecular formula is C91H127FN12O18S4. The van der Waals surface area contributed by atoms with E-state index in [9.17, 15) is 48.8 Å². The number of carbonyl (C=O) groups is 5. The van der Waals surface area contributed by atoms with Crippen molar-refractivity contribution in [1.82, 2.24) is 15.5 Å². The summed E-state index contributed by atoms with van der Waals surface area (Å²) >= 11 is 21.1. The summed E-state index contributed by atoms with van der Waals surface area (Å²) in [5.74, 6) is -0.677. The molecule has 8 unspecified atom stereocenters. The van der Waals surface area contributed by atoms with E-state index in [4.69, 9.17) is 91.5 Å². The van der Waals surface area contributed by atoms with E-state index in [1.54, 1.807) is 73.9 Å². The molecule has 5 aromatic carbocycles. The van der Waals surface area contributed by atoms with Gasteiger partial charge in [0, 0.05) is 126 Å². The van der Waals surface area contributed by atoms with Gasteiger partial charge in [-0.05, 0) is 276 Å². The number of aryl methyl sites for hydroxylation is 4. The lowest BCUT2D eigenvalue weighted by Crippen LogP contribution is -2.43. The maximum Gasteiger partial charge on any atom is 0.413 e. The van der Waals surface area contributed by atoms with Crippen molar-refractivity contribution in [3.05, 3.63) is 101 Å². The van der Waals surface area contributed by atoms with E-state index in [1.165, 1.54) is 12.1 Å². The zero-order chi connectivity index (χ0) is 90.7. The Bertz CT molecular complexity index is 4540. The monoisotopic (exact) mass is 1820 g/mol. The van der Waals surface area contributed by atoms with Gasteiger partial charge in [0.15, 0.2) is 45.6 Å². The molecule has 4 saturated heterocycles. The Morgan fingerprint density at radius 3 is 1.03 bits per heavy atom. The highest BCUT2D eigenvalue weighted by atomic mass is 32.1. The molecule has 690 valence electrons. The molecule has 11 N–H and O–H groups in total. The summed E-state index contributed by atoms with van der Waals surface area (Å²) in [7, 11) is 3.68. The fraction of sp³-hybridized carbons (Fsp3) is 0.571. The average Bonchev–Trinajstić information content (AvgIpc) is 1.56. The molecule has 8 aliphatic heterocycles. The number of benzene rings is 5. The number of amides is 5. The summed E-state index contributed by atoms with van der Waals surface area (Å²) in [6, 6.07) is 19.7. The molecule has 8 atom stereocenters. The number of hydrogen-bond donors (Lipinski definition) is 11. The molecule has 35 heteroatoms. The molecule has 13 rings (SSSR count). The van der Waals surface area contributed by atoms with Crippen LogP contribution in [0.3, 0.4) is 0 Å². The van der Waals surface area contributed by atoms with Crippen LogP contribution in [-0.2, 0) is 87.5 Å². The first kappa shape index (κ1) is 99.2. The minimum atomic E-state index is -0.674. The van der Waals surface area contributed by atoms with Crippen molar-refractivity contribution in [2.24, 2.45) is 23.7 Å². The molecule has 0 saturated carbocycles. The Balaban J connectivity index is 0.000000176. The average molecular weight is 1820 g/mol. The summed E-state index contributed by atoms with van der Waals surface area (Å²) in [6.45, 7) is 21.6. The van der Waals surface area contributed by atoms with E-state index in [0.717, 1.165) is 150 Å². The van der Waals surface area contributed by atoms with Crippen LogP contribution in [0, 0.1) is 29.5 Å². The standard InChI is InChI=1S/C25H30FN3O4S.C23H35N3O4S.C22H31N3O6S.C21H31N3O4S/c1-16-5-6-17-14-20(28-25(34)27-19-9-7-18(26)8-10-19)22(30)15-21(17)29(24(16)31)11-13-33-23-4-2-3-12-32-23;1-15-8-9-16-13-17(24-22(31)25-23(2,3)4)19(27)14-18(16)26(21(15)28)10-12-30-20-7-5-6-11-29-20;1-3-29-22(28)24-21(32)23-16-12-15-8-7-14(2)20(27)25(17(15)13-18(16)26)9-11-31-19-6-4-5-10-30-19;1-14-7-8-15-12-16(22-21(29)23(2)3)18(25)13-17(15)24(20(14)26)9-11-28-19-6-4-5-10-27-19/h7-10,14-16,23,30H,2-6,11-13H2,1H3,(H2,27,28,34);13-15,20,27H,5-12H2,1-4H3,(H2,24,25,31);12-14,19,26H,3-11H2,1-2H3,(H2,23,24,28,32);12-14,19,25H,4-11H2,1-3H3,(H,22,29). The maximum absolute atomic E-state index is 13.1. The Morgan fingerprint density at radius 1 is 0.444 bits per heavy atom. The maximum atomic E-state index is 13.1. The third-order valence-electron chi connectivity index (χ3n) is 22.6. The molecule has 0 aliphatic carbocycles. The van der Waals surface area contributed by atoms with Gasteiger partial charge in [0.25, 0.3) is 0 Å². The number of fused-ring (bicyclic) bond motifs is 4. The highest BCUT2D eigenvalue weighted by molar-refractivity contribution is 7.81. The molecule has 4 fully saturated rings. The predicted octanol–water partition coefficient (Wildman–Crippen LogP) is 15.1. The highest BCUT2D eigenvalue weighted by Gasteiger charge is 2.35. The van der Waals surface area contributed by atoms with E-state index >= 15 is 0 Å². The van der Waals surface area contributed by atoms with Crippen LogP contribution in [0.5, 0.6) is 23.0 Å². The lowest BCUT2D eigenvalue weighted by atomic mass is 10.0. The summed E-state index contributed by atoms with van der Waals surface area (Å²) < 4.78 is 63.8. The number of rotatable bonds is 22. The molecule has 8 aliphatic rings. The van der Waals surface area contributed by atoms with Gasteiger partial charge in [0.05, 0.1) is 78.5 Å². The summed E-state index contributed by atoms with van der Waals surface area (Å²) in [6.07, 6.45) is 16.4. The van der Waals surface area contributed by atoms with Crippen LogP contribution in [0.25, 0.3) is 0 Å². The number of thiocarbonyl (C=S) groups is 4. The van der Waals surface area contributed by atoms with Gasteiger partial charge in [-0.3, -0.25) is 24.5 Å². The number of anilines is 9. The van der Waals surface area contributed by atoms with Crippen LogP contribution >= 0.6 is 48.9 Å². The number of phenols is 4. The minimum absolute atomic E-state index is 0.00322. The molecule has 0 radical (unpaired) electrons. The van der Waals surface area contributed by atoms with E-state index < -0.39 is 6.09 Å². The number of nitrogens with one attached hydrogen (secondary N) is 7. The van der Waals surface area contributed by atoms with Crippen molar-refractivity contribution in [3.8, 4) is 23.0 Å². The molecule has 126 heavy (non-hydrogen) atoms. The summed E-state index contributed by atoms with van der Waals surface area (Å²) in [5, 5.41) is 64.3. The van der Waals surface area contributed by atoms with E-state index in [1.807, 2.05) is 80.8 Å². The third kappa shape index (κ3) is 29.5. The minimum Gasteiger partial charge on any atom is -0.506 e. The lowest BCUT2D eigenvalue weighted by molar-refractivity contribution is -0.161. The van der Waals surface area contributed by atoms with Crippen molar-refractivity contribution >= 4 is 150 Å². The second-order valence-corrected chi connectivity index (χ2v) is 35.5. The van der Waals surface area contributed by atoms with Gasteiger partial charge < -0.3 is 119 Å². The molecule has 8 heterocycles. The van der Waals surface area contributed by atoms with Crippen molar-refractivity contribution in [2.75, 3.05) is 146 Å². The quantitative estimate of drug-likeness (QED) is 0.0226. The molecule has 30 nitrogen and oxygen atoms in total. The smallest absolute Gasteiger partial charge is 0.413 e. The summed E-state index contributed by atoms with van der Waals surface area (Å²) in [4.78, 5) is 72.3. The topological polar surface area (TPSA) is 350 Å². The van der Waals surface area contributed by atoms with Crippen LogP contribution in [0.2, 0.25) is 0 Å². The molecule has 5 amide bonds. The summed E-state index contributed by atoms with van der Waals surface area (Å²) in [5.41, 5.74) is 8.98. The van der Waals surface area contributed by atoms with Crippen LogP contribution in [0.1, 0.15) is 180 Å². The van der Waals surface area contributed by atoms with Crippen molar-refractivity contribution < 1.29 is 91.4 Å². The number of aromatic hydroxyl groups is 4. The first-order valence-corrected chi connectivity index (χ1v) is 45.7. The van der Waals surface area contributed by atoms with Gasteiger partial charge in [-0.1, -0.05) is 27.7 Å². The largest absolute Gasteiger partial charge is 0.506 e. The lowest BCUT2D eigenvalue weighted by Gasteiger charge is -2.28. The molecule has 0 aromatic heterocycles. The second kappa shape index (κ2) is 48.4. The molecule has 0 spiro atoms. The number of nitrogens with zero attached hydrogens (tertiary/aromatic N) is 5. The second-order valence-electron chi connectivity index (χ2n) is 33.9. The molecule has 0 bridgehead atoms. The van der Waals surface area contributed by atoms with Gasteiger partial charge in [-0.15, -0.1) is 0 Å². The normalized spacial score (nSPS) is 21.3. The first-order chi connectivity index (χ1) is 60.3. The highest BCUT2D eigenvalue weighted by Crippen LogP contribution is 2.43. The van der Waals surface area contributed by atoms with Crippen LogP contribution in [0.4, 0.5) is 60.4 Å². The molecule has 5 aromatic rings. The van der Waals surface area contributed by atoms with Crippen LogP contribution < -0.4 is 56.8 Å². The van der Waals surface area contributed by atoms with Gasteiger partial charge in [-0.25, -0.2) is 9.18 Å². The van der Waals surface area contributed by atoms with Crippen molar-refractivity contribution in [2.45, 2.75) is 215 Å². The van der Waals surface area contributed by atoms with E-state index in [2.05, 4.69) is 37.2 Å². The Labute approximate surface area is 760 Å². The van der Waals surface area contributed by atoms with Gasteiger partial charge in [-0.2, -0.15) is 0 Å².